The number of hydrogen-bond donors (Lipinski definition) is 1. The highest BCUT2D eigenvalue weighted by atomic mass is 16.6. The Morgan fingerprint density at radius 2 is 2.05 bits per heavy atom. The van der Waals surface area contributed by atoms with Crippen LogP contribution in [0.1, 0.15) is 69.1 Å². The summed E-state index contributed by atoms with van der Waals surface area (Å²) < 4.78 is 10.0. The fraction of sp³-hybridized carbons (Fsp3) is 0.643. The van der Waals surface area contributed by atoms with Crippen LogP contribution in [0.25, 0.3) is 11.0 Å². The third-order valence-electron chi connectivity index (χ3n) is 9.35. The van der Waals surface area contributed by atoms with E-state index in [4.69, 9.17) is 20.6 Å². The third-order valence-corrected chi connectivity index (χ3v) is 9.35. The van der Waals surface area contributed by atoms with Gasteiger partial charge in [0.15, 0.2) is 5.65 Å². The van der Waals surface area contributed by atoms with Crippen molar-refractivity contribution in [2.75, 3.05) is 11.4 Å². The predicted molar refractivity (Wildman–Crippen MR) is 142 cm³/mol. The van der Waals surface area contributed by atoms with Crippen molar-refractivity contribution in [2.45, 2.75) is 85.4 Å². The summed E-state index contributed by atoms with van der Waals surface area (Å²) in [7, 11) is 1.94. The third kappa shape index (κ3) is 3.80. The van der Waals surface area contributed by atoms with Crippen LogP contribution in [0.5, 0.6) is 0 Å². The number of hydrogen-bond acceptors (Lipinski definition) is 6. The van der Waals surface area contributed by atoms with Crippen LogP contribution >= 0.6 is 0 Å². The van der Waals surface area contributed by atoms with Gasteiger partial charge < -0.3 is 15.4 Å². The van der Waals surface area contributed by atoms with Crippen LogP contribution in [0.3, 0.4) is 0 Å². The van der Waals surface area contributed by atoms with Crippen molar-refractivity contribution in [3.63, 3.8) is 0 Å². The molecule has 6 rings (SSSR count). The van der Waals surface area contributed by atoms with E-state index < -0.39 is 11.7 Å². The summed E-state index contributed by atoms with van der Waals surface area (Å²) in [4.78, 5) is 19.0. The molecule has 1 amide bonds. The molecule has 0 spiro atoms. The predicted octanol–water partition coefficient (Wildman–Crippen LogP) is 4.41. The van der Waals surface area contributed by atoms with Gasteiger partial charge in [-0.3, -0.25) is 9.36 Å². The molecule has 0 radical (unpaired) electrons. The molecular formula is C28H39N7O2. The summed E-state index contributed by atoms with van der Waals surface area (Å²) in [5.41, 5.74) is 12.1. The summed E-state index contributed by atoms with van der Waals surface area (Å²) in [6.45, 7) is 13.6. The molecule has 0 saturated heterocycles. The van der Waals surface area contributed by atoms with Gasteiger partial charge >= 0.3 is 6.09 Å². The van der Waals surface area contributed by atoms with Gasteiger partial charge in [-0.1, -0.05) is 20.8 Å². The lowest BCUT2D eigenvalue weighted by Crippen LogP contribution is -2.45. The summed E-state index contributed by atoms with van der Waals surface area (Å²) in [6.07, 6.45) is 6.07. The van der Waals surface area contributed by atoms with Gasteiger partial charge in [0.2, 0.25) is 0 Å². The second-order valence-corrected chi connectivity index (χ2v) is 12.9. The lowest BCUT2D eigenvalue weighted by atomic mass is 9.67. The van der Waals surface area contributed by atoms with Crippen LogP contribution in [-0.2, 0) is 31.3 Å². The monoisotopic (exact) mass is 505 g/mol. The van der Waals surface area contributed by atoms with Crippen molar-refractivity contribution in [3.8, 4) is 0 Å². The van der Waals surface area contributed by atoms with E-state index in [2.05, 4.69) is 48.4 Å². The molecule has 2 N–H and O–H groups in total. The van der Waals surface area contributed by atoms with E-state index in [1.165, 1.54) is 16.9 Å². The first-order valence-electron chi connectivity index (χ1n) is 13.5. The molecule has 2 fully saturated rings. The van der Waals surface area contributed by atoms with Crippen LogP contribution in [0, 0.1) is 30.6 Å². The molecular weight excluding hydrogens is 466 g/mol. The van der Waals surface area contributed by atoms with Crippen molar-refractivity contribution in [1.82, 2.24) is 24.5 Å². The van der Waals surface area contributed by atoms with Crippen LogP contribution in [0.2, 0.25) is 0 Å². The van der Waals surface area contributed by atoms with E-state index in [0.717, 1.165) is 74.2 Å². The lowest BCUT2D eigenvalue weighted by molar-refractivity contribution is -0.0522. The van der Waals surface area contributed by atoms with Gasteiger partial charge in [0, 0.05) is 56.0 Å². The molecule has 3 aliphatic rings. The van der Waals surface area contributed by atoms with E-state index in [1.807, 2.05) is 24.9 Å². The van der Waals surface area contributed by atoms with E-state index in [-0.39, 0.29) is 10.8 Å². The molecule has 2 aliphatic carbocycles. The van der Waals surface area contributed by atoms with Crippen LogP contribution in [0.4, 0.5) is 10.5 Å². The smallest absolute Gasteiger partial charge is 0.405 e. The highest BCUT2D eigenvalue weighted by Gasteiger charge is 2.64. The number of nitrogens with two attached hydrogens (primary N) is 1. The standard InChI is InChI=1S/C28H39N7O2/c1-17-11-22(19-13-30-33(6)24(19)31-17)34-10-7-21-20(14-34)18(2)32-35(21)16-27-8-9-28(15-27,37-25(29)36)23(12-27)26(3,4)5/h11,13,23H,7-10,12,14-16H2,1-6H3,(H2,29,36). The number of rotatable bonds is 4. The fourth-order valence-corrected chi connectivity index (χ4v) is 7.83. The minimum atomic E-state index is -0.645. The van der Waals surface area contributed by atoms with Crippen LogP contribution < -0.4 is 10.6 Å². The molecule has 9 heteroatoms. The average Bonchev–Trinajstić information content (AvgIpc) is 3.53. The highest BCUT2D eigenvalue weighted by molar-refractivity contribution is 5.89. The number of amides is 1. The number of aryl methyl sites for hydroxylation is 3. The Bertz CT molecular complexity index is 1400. The first-order chi connectivity index (χ1) is 17.4. The molecule has 2 bridgehead atoms. The summed E-state index contributed by atoms with van der Waals surface area (Å²) in [6, 6.07) is 2.18. The normalized spacial score (nSPS) is 27.2. The maximum atomic E-state index is 11.9. The number of ether oxygens (including phenoxy) is 1. The Hall–Kier alpha value is -3.10. The van der Waals surface area contributed by atoms with Gasteiger partial charge in [-0.15, -0.1) is 0 Å². The number of carbonyl (C=O) groups is 1. The Morgan fingerprint density at radius 1 is 1.27 bits per heavy atom. The van der Waals surface area contributed by atoms with Crippen LogP contribution in [-0.4, -0.2) is 42.8 Å². The van der Waals surface area contributed by atoms with Gasteiger partial charge in [0.05, 0.1) is 23.0 Å². The highest BCUT2D eigenvalue weighted by Crippen LogP contribution is 2.65. The quantitative estimate of drug-likeness (QED) is 0.563. The van der Waals surface area contributed by atoms with E-state index in [0.29, 0.717) is 5.92 Å². The Balaban J connectivity index is 1.29. The molecule has 2 saturated carbocycles. The Morgan fingerprint density at radius 3 is 2.78 bits per heavy atom. The average molecular weight is 506 g/mol. The van der Waals surface area contributed by atoms with Crippen molar-refractivity contribution in [3.05, 3.63) is 34.9 Å². The minimum absolute atomic E-state index is 0.0396. The second kappa shape index (κ2) is 7.95. The first-order valence-corrected chi connectivity index (χ1v) is 13.5. The molecule has 3 unspecified atom stereocenters. The molecule has 1 aliphatic heterocycles. The van der Waals surface area contributed by atoms with Gasteiger partial charge in [-0.2, -0.15) is 10.2 Å². The number of carbonyl (C=O) groups excluding carboxylic acids is 1. The molecule has 3 atom stereocenters. The molecule has 37 heavy (non-hydrogen) atoms. The second-order valence-electron chi connectivity index (χ2n) is 12.9. The zero-order chi connectivity index (χ0) is 26.3. The zero-order valence-electron chi connectivity index (χ0n) is 23.0. The number of anilines is 1. The van der Waals surface area contributed by atoms with E-state index in [1.54, 1.807) is 0 Å². The molecule has 0 aromatic carbocycles. The van der Waals surface area contributed by atoms with Crippen molar-refractivity contribution >= 4 is 22.8 Å². The van der Waals surface area contributed by atoms with Gasteiger partial charge in [0.1, 0.15) is 5.60 Å². The number of aromatic nitrogens is 5. The van der Waals surface area contributed by atoms with Crippen LogP contribution in [0.15, 0.2) is 12.3 Å². The molecule has 9 nitrogen and oxygen atoms in total. The molecule has 4 heterocycles. The Labute approximate surface area is 218 Å². The SMILES string of the molecule is Cc1cc(N2CCc3c(c(C)nn3CC34CCC(OC(N)=O)(C3)C(C(C)(C)C)C4)C2)c2cnn(C)c2n1. The zero-order valence-corrected chi connectivity index (χ0v) is 23.0. The van der Waals surface area contributed by atoms with Gasteiger partial charge in [-0.25, -0.2) is 9.78 Å². The number of fused-ring (bicyclic) bond motifs is 4. The Kier molecular flexibility index (Phi) is 5.21. The molecule has 3 aromatic rings. The molecule has 3 aromatic heterocycles. The summed E-state index contributed by atoms with van der Waals surface area (Å²) in [5, 5.41) is 10.6. The number of pyridine rings is 1. The van der Waals surface area contributed by atoms with Crippen molar-refractivity contribution in [2.24, 2.45) is 29.5 Å². The van der Waals surface area contributed by atoms with E-state index in [9.17, 15) is 4.79 Å². The minimum Gasteiger partial charge on any atom is -0.443 e. The van der Waals surface area contributed by atoms with Gasteiger partial charge in [0.25, 0.3) is 0 Å². The lowest BCUT2D eigenvalue weighted by Gasteiger charge is -2.42. The maximum Gasteiger partial charge on any atom is 0.405 e. The fourth-order valence-electron chi connectivity index (χ4n) is 7.83. The summed E-state index contributed by atoms with van der Waals surface area (Å²) >= 11 is 0. The van der Waals surface area contributed by atoms with Gasteiger partial charge in [-0.05, 0) is 56.4 Å². The largest absolute Gasteiger partial charge is 0.443 e. The maximum absolute atomic E-state index is 11.9. The van der Waals surface area contributed by atoms with Crippen molar-refractivity contribution in [1.29, 1.82) is 0 Å². The first kappa shape index (κ1) is 24.2. The topological polar surface area (TPSA) is 104 Å². The number of primary amides is 1. The summed E-state index contributed by atoms with van der Waals surface area (Å²) in [5.74, 6) is 0.293. The van der Waals surface area contributed by atoms with Crippen molar-refractivity contribution < 1.29 is 9.53 Å². The van der Waals surface area contributed by atoms with E-state index >= 15 is 0 Å². The number of nitrogens with zero attached hydrogens (tertiary/aromatic N) is 6. The molecule has 198 valence electrons.